The van der Waals surface area contributed by atoms with Crippen LogP contribution in [0, 0.1) is 0 Å². The van der Waals surface area contributed by atoms with E-state index in [0.717, 1.165) is 0 Å². The van der Waals surface area contributed by atoms with Gasteiger partial charge in [-0.05, 0) is 33.7 Å². The molecule has 53 heavy (non-hydrogen) atoms. The molecule has 0 atom stereocenters. The van der Waals surface area contributed by atoms with Gasteiger partial charge in [0.1, 0.15) is 0 Å². The minimum atomic E-state index is -0.0209. The van der Waals surface area contributed by atoms with Gasteiger partial charge in [-0.2, -0.15) is 15.0 Å². The summed E-state index contributed by atoms with van der Waals surface area (Å²) in [5.74, 6) is 0.606. The Balaban J connectivity index is 2.90. The highest BCUT2D eigenvalue weighted by molar-refractivity contribution is 6.28. The molecule has 26 heteroatoms. The Kier molecular flexibility index (Phi) is 32.0. The van der Waals surface area contributed by atoms with Crippen molar-refractivity contribution < 1.29 is 37.9 Å². The molecule has 0 aliphatic heterocycles. The first kappa shape index (κ1) is 46.8. The largest absolute Gasteiger partial charge is 0.379 e. The Morgan fingerprint density at radius 2 is 0.642 bits per heavy atom. The topological polar surface area (TPSA) is 314 Å². The van der Waals surface area contributed by atoms with Crippen LogP contribution in [-0.4, -0.2) is 173 Å². The molecular formula is C27H48ClN17O8. The quantitative estimate of drug-likeness (QED) is 0.0402. The van der Waals surface area contributed by atoms with Gasteiger partial charge >= 0.3 is 0 Å². The Bertz CT molecular complexity index is 1110. The van der Waals surface area contributed by atoms with Crippen molar-refractivity contribution in [3.8, 4) is 0 Å². The smallest absolute Gasteiger partial charge is 0.231 e. The van der Waals surface area contributed by atoms with Crippen molar-refractivity contribution in [1.29, 1.82) is 0 Å². The van der Waals surface area contributed by atoms with Crippen molar-refractivity contribution in [3.63, 3.8) is 0 Å². The highest BCUT2D eigenvalue weighted by atomic mass is 35.5. The number of rotatable bonds is 38. The lowest BCUT2D eigenvalue weighted by molar-refractivity contribution is 0.0482. The maximum Gasteiger partial charge on any atom is 0.231 e. The van der Waals surface area contributed by atoms with Crippen molar-refractivity contribution in [2.75, 3.05) is 168 Å². The van der Waals surface area contributed by atoms with Crippen LogP contribution in [0.4, 0.5) is 11.9 Å². The lowest BCUT2D eigenvalue weighted by Gasteiger charge is -2.26. The molecule has 0 bridgehead atoms. The summed E-state index contributed by atoms with van der Waals surface area (Å²) >= 11 is 6.43. The Hall–Kier alpha value is -4.18. The molecule has 1 aromatic heterocycles. The molecule has 0 N–H and O–H groups in total. The van der Waals surface area contributed by atoms with E-state index in [0.29, 0.717) is 144 Å². The average molecular weight is 774 g/mol. The van der Waals surface area contributed by atoms with E-state index in [1.165, 1.54) is 0 Å². The summed E-state index contributed by atoms with van der Waals surface area (Å²) in [6.07, 6.45) is 0. The third kappa shape index (κ3) is 28.1. The van der Waals surface area contributed by atoms with Gasteiger partial charge in [-0.3, -0.25) is 0 Å². The van der Waals surface area contributed by atoms with Gasteiger partial charge in [-0.15, -0.1) is 0 Å². The molecule has 0 spiro atoms. The zero-order valence-electron chi connectivity index (χ0n) is 29.7. The van der Waals surface area contributed by atoms with Crippen LogP contribution in [-0.2, 0) is 37.9 Å². The zero-order chi connectivity index (χ0) is 38.3. The molecule has 0 amide bonds. The number of hydrogen-bond donors (Lipinski definition) is 0. The van der Waals surface area contributed by atoms with Crippen LogP contribution >= 0.6 is 11.6 Å². The first-order valence-corrected chi connectivity index (χ1v) is 17.1. The highest BCUT2D eigenvalue weighted by Gasteiger charge is 2.18. The van der Waals surface area contributed by atoms with Crippen molar-refractivity contribution in [2.45, 2.75) is 0 Å². The average Bonchev–Trinajstić information content (AvgIpc) is 3.16. The molecule has 0 aliphatic rings. The first-order valence-electron chi connectivity index (χ1n) is 16.7. The van der Waals surface area contributed by atoms with E-state index in [1.54, 1.807) is 0 Å². The van der Waals surface area contributed by atoms with Gasteiger partial charge in [0.25, 0.3) is 0 Å². The van der Waals surface area contributed by atoms with Gasteiger partial charge in [-0.25, -0.2) is 0 Å². The molecule has 0 aliphatic carbocycles. The minimum Gasteiger partial charge on any atom is -0.379 e. The van der Waals surface area contributed by atoms with Crippen molar-refractivity contribution in [1.82, 2.24) is 15.0 Å². The number of nitrogens with zero attached hydrogens (tertiary/aromatic N) is 17. The predicted octanol–water partition coefficient (Wildman–Crippen LogP) is 3.51. The molecule has 0 unspecified atom stereocenters. The van der Waals surface area contributed by atoms with Crippen LogP contribution in [0.5, 0.6) is 0 Å². The maximum atomic E-state index is 8.36. The van der Waals surface area contributed by atoms with Crippen molar-refractivity contribution >= 4 is 23.5 Å². The van der Waals surface area contributed by atoms with Gasteiger partial charge in [0, 0.05) is 72.0 Å². The third-order valence-electron chi connectivity index (χ3n) is 6.26. The fourth-order valence-electron chi connectivity index (χ4n) is 3.82. The van der Waals surface area contributed by atoms with Crippen LogP contribution in [0.2, 0.25) is 5.28 Å². The van der Waals surface area contributed by atoms with Crippen LogP contribution in [0.1, 0.15) is 0 Å². The van der Waals surface area contributed by atoms with E-state index in [-0.39, 0.29) is 31.5 Å². The number of ether oxygens (including phenoxy) is 8. The second-order valence-corrected chi connectivity index (χ2v) is 10.2. The molecule has 1 rings (SSSR count). The summed E-state index contributed by atoms with van der Waals surface area (Å²) in [6, 6.07) is 0. The van der Waals surface area contributed by atoms with Crippen LogP contribution in [0.15, 0.2) is 20.5 Å². The second-order valence-electron chi connectivity index (χ2n) is 9.90. The Morgan fingerprint density at radius 3 is 0.887 bits per heavy atom. The van der Waals surface area contributed by atoms with Crippen LogP contribution in [0.3, 0.4) is 0 Å². The number of anilines is 2. The molecule has 0 saturated heterocycles. The minimum absolute atomic E-state index is 0.0209. The molecule has 0 fully saturated rings. The summed E-state index contributed by atoms with van der Waals surface area (Å²) in [6.45, 7) is 7.51. The second kappa shape index (κ2) is 36.2. The summed E-state index contributed by atoms with van der Waals surface area (Å²) in [5, 5.41) is 13.7. The summed E-state index contributed by atoms with van der Waals surface area (Å²) < 4.78 is 44.5. The van der Waals surface area contributed by atoms with Gasteiger partial charge in [0.15, 0.2) is 0 Å². The predicted molar refractivity (Wildman–Crippen MR) is 192 cm³/mol. The molecule has 1 aromatic rings. The lowest BCUT2D eigenvalue weighted by atomic mass is 10.5. The number of hydrogen-bond acceptors (Lipinski definition) is 17. The fourth-order valence-corrected chi connectivity index (χ4v) is 3.97. The third-order valence-corrected chi connectivity index (χ3v) is 6.42. The molecule has 25 nitrogen and oxygen atoms in total. The summed E-state index contributed by atoms with van der Waals surface area (Å²) in [4.78, 5) is 27.9. The van der Waals surface area contributed by atoms with E-state index < -0.39 is 0 Å². The summed E-state index contributed by atoms with van der Waals surface area (Å²) in [5.41, 5.74) is 33.4. The van der Waals surface area contributed by atoms with E-state index >= 15 is 0 Å². The van der Waals surface area contributed by atoms with Gasteiger partial charge in [-0.1, -0.05) is 20.5 Å². The number of azide groups is 4. The molecule has 0 saturated carbocycles. The van der Waals surface area contributed by atoms with E-state index in [2.05, 4.69) is 50.1 Å². The molecule has 1 heterocycles. The van der Waals surface area contributed by atoms with Gasteiger partial charge in [0.2, 0.25) is 17.2 Å². The van der Waals surface area contributed by atoms with Gasteiger partial charge < -0.3 is 47.7 Å². The van der Waals surface area contributed by atoms with E-state index in [9.17, 15) is 0 Å². The van der Waals surface area contributed by atoms with Crippen LogP contribution < -0.4 is 9.80 Å². The van der Waals surface area contributed by atoms with E-state index in [1.807, 2.05) is 9.80 Å². The highest BCUT2D eigenvalue weighted by Crippen LogP contribution is 2.17. The van der Waals surface area contributed by atoms with Crippen molar-refractivity contribution in [2.24, 2.45) is 20.5 Å². The monoisotopic (exact) mass is 773 g/mol. The zero-order valence-corrected chi connectivity index (χ0v) is 30.5. The standard InChI is InChI=1S/C27H48ClN17O8/c28-25-37-26(44(5-13-50-21-17-46-9-1-33-40-29)6-14-51-22-18-47-10-2-34-41-30)39-27(38-25)45(7-15-52-23-19-48-11-3-35-42-31)8-16-53-24-20-49-12-4-36-43-32/h1-24H2. The normalized spacial score (nSPS) is 10.5. The van der Waals surface area contributed by atoms with Gasteiger partial charge in [0.05, 0.1) is 106 Å². The molecule has 0 aromatic carbocycles. The maximum absolute atomic E-state index is 8.36. The molecule has 296 valence electrons. The summed E-state index contributed by atoms with van der Waals surface area (Å²) in [7, 11) is 0. The number of aromatic nitrogens is 3. The SMILES string of the molecule is [N-]=[N+]=NCCOCCOCCN(CCOCCOCCN=[N+]=[N-])c1nc(Cl)nc(N(CCOCCOCCN=[N+]=[N-])CCOCCOCCN=[N+]=[N-])n1. The molecule has 0 radical (unpaired) electrons. The fraction of sp³-hybridized carbons (Fsp3) is 0.889. The Labute approximate surface area is 311 Å². The van der Waals surface area contributed by atoms with Crippen LogP contribution in [0.25, 0.3) is 41.8 Å². The Morgan fingerprint density at radius 1 is 0.396 bits per heavy atom. The number of halogens is 1. The lowest BCUT2D eigenvalue weighted by Crippen LogP contribution is -2.36. The first-order chi connectivity index (χ1) is 26.2. The molecular weight excluding hydrogens is 726 g/mol. The van der Waals surface area contributed by atoms with E-state index in [4.69, 9.17) is 76.6 Å². The van der Waals surface area contributed by atoms with Crippen molar-refractivity contribution in [3.05, 3.63) is 47.1 Å².